The third kappa shape index (κ3) is 8.96. The number of carbonyl (C=O) groups excluding carboxylic acids is 1. The van der Waals surface area contributed by atoms with E-state index in [1.54, 1.807) is 0 Å². The molecule has 19 heavy (non-hydrogen) atoms. The monoisotopic (exact) mass is 294 g/mol. The molecule has 0 saturated heterocycles. The van der Waals surface area contributed by atoms with Gasteiger partial charge in [-0.1, -0.05) is 20.8 Å². The van der Waals surface area contributed by atoms with Gasteiger partial charge in [0.25, 0.3) is 10.1 Å². The van der Waals surface area contributed by atoms with E-state index in [1.165, 1.54) is 0 Å². The van der Waals surface area contributed by atoms with Crippen LogP contribution in [-0.4, -0.2) is 43.3 Å². The normalized spacial score (nSPS) is 14.5. The predicted molar refractivity (Wildman–Crippen MR) is 75.6 cm³/mol. The molecule has 0 saturated carbocycles. The zero-order chi connectivity index (χ0) is 15.3. The van der Waals surface area contributed by atoms with Crippen LogP contribution in [0.15, 0.2) is 0 Å². The Morgan fingerprint density at radius 3 is 2.16 bits per heavy atom. The molecule has 1 amide bonds. The van der Waals surface area contributed by atoms with Gasteiger partial charge in [0, 0.05) is 6.04 Å². The molecular weight excluding hydrogens is 268 g/mol. The van der Waals surface area contributed by atoms with E-state index in [0.29, 0.717) is 6.54 Å². The maximum absolute atomic E-state index is 12.1. The van der Waals surface area contributed by atoms with Crippen LogP contribution in [0.1, 0.15) is 41.0 Å². The maximum atomic E-state index is 12.1. The summed E-state index contributed by atoms with van der Waals surface area (Å²) >= 11 is 0. The maximum Gasteiger partial charge on any atom is 0.264 e. The van der Waals surface area contributed by atoms with Crippen molar-refractivity contribution in [2.75, 3.05) is 12.3 Å². The fourth-order valence-electron chi connectivity index (χ4n) is 1.66. The van der Waals surface area contributed by atoms with Gasteiger partial charge in [-0.15, -0.1) is 0 Å². The van der Waals surface area contributed by atoms with Crippen molar-refractivity contribution in [2.45, 2.75) is 53.1 Å². The van der Waals surface area contributed by atoms with Gasteiger partial charge in [0.2, 0.25) is 5.91 Å². The molecule has 0 aliphatic carbocycles. The molecule has 114 valence electrons. The molecule has 0 fully saturated rings. The molecule has 0 aromatic carbocycles. The fraction of sp³-hybridized carbons (Fsp3) is 0.917. The van der Waals surface area contributed by atoms with Gasteiger partial charge in [0.05, 0.1) is 11.8 Å². The summed E-state index contributed by atoms with van der Waals surface area (Å²) in [6.45, 7) is 9.94. The molecule has 0 aromatic rings. The molecule has 7 heteroatoms. The Morgan fingerprint density at radius 1 is 1.26 bits per heavy atom. The van der Waals surface area contributed by atoms with Gasteiger partial charge in [-0.05, 0) is 32.2 Å². The van der Waals surface area contributed by atoms with Crippen molar-refractivity contribution >= 4 is 16.0 Å². The van der Waals surface area contributed by atoms with Crippen molar-refractivity contribution < 1.29 is 17.8 Å². The summed E-state index contributed by atoms with van der Waals surface area (Å²) in [4.78, 5) is 12.1. The molecular formula is C12H26N2O4S. The average molecular weight is 294 g/mol. The van der Waals surface area contributed by atoms with E-state index < -0.39 is 16.2 Å². The molecule has 0 bridgehead atoms. The number of amides is 1. The third-order valence-electron chi connectivity index (χ3n) is 2.49. The van der Waals surface area contributed by atoms with Gasteiger partial charge < -0.3 is 10.6 Å². The van der Waals surface area contributed by atoms with Crippen LogP contribution in [0.5, 0.6) is 0 Å². The summed E-state index contributed by atoms with van der Waals surface area (Å²) in [5.41, 5.74) is -0.281. The van der Waals surface area contributed by atoms with Crippen molar-refractivity contribution in [2.24, 2.45) is 5.41 Å². The minimum Gasteiger partial charge on any atom is -0.353 e. The lowest BCUT2D eigenvalue weighted by Crippen LogP contribution is -2.53. The van der Waals surface area contributed by atoms with Crippen molar-refractivity contribution in [3.8, 4) is 0 Å². The first-order chi connectivity index (χ1) is 8.43. The minimum atomic E-state index is -3.94. The second kappa shape index (κ2) is 7.21. The first kappa shape index (κ1) is 18.3. The zero-order valence-electron chi connectivity index (χ0n) is 12.4. The average Bonchev–Trinajstić information content (AvgIpc) is 2.11. The second-order valence-corrected chi connectivity index (χ2v) is 7.63. The lowest BCUT2D eigenvalue weighted by molar-refractivity contribution is -0.126. The summed E-state index contributed by atoms with van der Waals surface area (Å²) in [6.07, 6.45) is 0.264. The number of hydrogen-bond donors (Lipinski definition) is 3. The number of carbonyl (C=O) groups is 1. The summed E-state index contributed by atoms with van der Waals surface area (Å²) in [5, 5.41) is 5.89. The van der Waals surface area contributed by atoms with Crippen LogP contribution in [-0.2, 0) is 14.9 Å². The second-order valence-electron chi connectivity index (χ2n) is 6.06. The molecule has 0 aliphatic heterocycles. The van der Waals surface area contributed by atoms with E-state index in [-0.39, 0.29) is 29.5 Å². The summed E-state index contributed by atoms with van der Waals surface area (Å²) in [6, 6.07) is -0.353. The Balaban J connectivity index is 4.43. The van der Waals surface area contributed by atoms with Gasteiger partial charge in [-0.25, -0.2) is 0 Å². The molecule has 0 aromatic heterocycles. The fourth-order valence-corrected chi connectivity index (χ4v) is 2.17. The first-order valence-electron chi connectivity index (χ1n) is 6.42. The van der Waals surface area contributed by atoms with Gasteiger partial charge >= 0.3 is 0 Å². The number of rotatable bonds is 7. The smallest absolute Gasteiger partial charge is 0.264 e. The van der Waals surface area contributed by atoms with Crippen LogP contribution in [0.2, 0.25) is 0 Å². The van der Waals surface area contributed by atoms with Crippen molar-refractivity contribution in [3.05, 3.63) is 0 Å². The highest BCUT2D eigenvalue weighted by Gasteiger charge is 2.30. The van der Waals surface area contributed by atoms with Crippen LogP contribution >= 0.6 is 0 Å². The van der Waals surface area contributed by atoms with Crippen molar-refractivity contribution in [1.82, 2.24) is 10.6 Å². The lowest BCUT2D eigenvalue weighted by atomic mass is 9.86. The Kier molecular flexibility index (Phi) is 6.96. The van der Waals surface area contributed by atoms with Crippen LogP contribution in [0, 0.1) is 5.41 Å². The highest BCUT2D eigenvalue weighted by molar-refractivity contribution is 7.85. The van der Waals surface area contributed by atoms with E-state index in [1.807, 2.05) is 34.6 Å². The van der Waals surface area contributed by atoms with Gasteiger partial charge in [0.1, 0.15) is 0 Å². The number of nitrogens with one attached hydrogen (secondary N) is 2. The Labute approximate surface area is 116 Å². The molecule has 0 aliphatic rings. The molecule has 0 heterocycles. The Morgan fingerprint density at radius 2 is 1.79 bits per heavy atom. The van der Waals surface area contributed by atoms with E-state index in [4.69, 9.17) is 4.55 Å². The molecule has 3 N–H and O–H groups in total. The summed E-state index contributed by atoms with van der Waals surface area (Å²) < 4.78 is 29.8. The van der Waals surface area contributed by atoms with Crippen LogP contribution in [0.25, 0.3) is 0 Å². The quantitative estimate of drug-likeness (QED) is 0.477. The minimum absolute atomic E-state index is 0.0527. The van der Waals surface area contributed by atoms with E-state index in [9.17, 15) is 13.2 Å². The predicted octanol–water partition coefficient (Wildman–Crippen LogP) is 0.793. The lowest BCUT2D eigenvalue weighted by Gasteiger charge is -2.31. The topological polar surface area (TPSA) is 95.5 Å². The first-order valence-corrected chi connectivity index (χ1v) is 8.03. The summed E-state index contributed by atoms with van der Waals surface area (Å²) in [7, 11) is -3.94. The van der Waals surface area contributed by atoms with Crippen LogP contribution in [0.3, 0.4) is 0 Å². The largest absolute Gasteiger partial charge is 0.353 e. The van der Waals surface area contributed by atoms with Gasteiger partial charge in [0.15, 0.2) is 0 Å². The van der Waals surface area contributed by atoms with Crippen molar-refractivity contribution in [1.29, 1.82) is 0 Å². The molecule has 0 unspecified atom stereocenters. The SMILES string of the molecule is CC(C)NC(=O)[C@H](NCCCS(=O)(=O)O)C(C)(C)C. The van der Waals surface area contributed by atoms with Crippen LogP contribution in [0.4, 0.5) is 0 Å². The van der Waals surface area contributed by atoms with Crippen molar-refractivity contribution in [3.63, 3.8) is 0 Å². The van der Waals surface area contributed by atoms with Gasteiger partial charge in [-0.3, -0.25) is 9.35 Å². The van der Waals surface area contributed by atoms with E-state index in [2.05, 4.69) is 10.6 Å². The third-order valence-corrected chi connectivity index (χ3v) is 3.29. The molecule has 1 atom stereocenters. The molecule has 0 rings (SSSR count). The standard InChI is InChI=1S/C12H26N2O4S/c1-9(2)14-11(15)10(12(3,4)5)13-7-6-8-19(16,17)18/h9-10,13H,6-8H2,1-5H3,(H,14,15)(H,16,17,18)/t10-/m0/s1. The number of hydrogen-bond acceptors (Lipinski definition) is 4. The van der Waals surface area contributed by atoms with E-state index >= 15 is 0 Å². The van der Waals surface area contributed by atoms with Gasteiger partial charge in [-0.2, -0.15) is 8.42 Å². The molecule has 0 radical (unpaired) electrons. The van der Waals surface area contributed by atoms with Crippen LogP contribution < -0.4 is 10.6 Å². The zero-order valence-corrected chi connectivity index (χ0v) is 13.2. The highest BCUT2D eigenvalue weighted by Crippen LogP contribution is 2.19. The Bertz CT molecular complexity index is 385. The molecule has 0 spiro atoms. The summed E-state index contributed by atoms with van der Waals surface area (Å²) in [5.74, 6) is -0.405. The highest BCUT2D eigenvalue weighted by atomic mass is 32.2. The Hall–Kier alpha value is -0.660. The van der Waals surface area contributed by atoms with E-state index in [0.717, 1.165) is 0 Å². The molecule has 6 nitrogen and oxygen atoms in total.